The van der Waals surface area contributed by atoms with Gasteiger partial charge < -0.3 is 14.8 Å². The Balaban J connectivity index is 1.56. The lowest BCUT2D eigenvalue weighted by atomic mass is 10.1. The molecule has 3 rings (SSSR count). The summed E-state index contributed by atoms with van der Waals surface area (Å²) < 4.78 is 49.4. The molecule has 1 amide bonds. The molecule has 6 nitrogen and oxygen atoms in total. The van der Waals surface area contributed by atoms with Crippen LogP contribution >= 0.6 is 23.1 Å². The lowest BCUT2D eigenvalue weighted by Gasteiger charge is -2.09. The summed E-state index contributed by atoms with van der Waals surface area (Å²) in [4.78, 5) is 12.3. The van der Waals surface area contributed by atoms with Gasteiger partial charge in [-0.05, 0) is 29.3 Å². The average Bonchev–Trinajstić information content (AvgIpc) is 3.18. The summed E-state index contributed by atoms with van der Waals surface area (Å²) in [7, 11) is 3.05. The van der Waals surface area contributed by atoms with E-state index in [1.165, 1.54) is 32.0 Å². The maximum absolute atomic E-state index is 12.8. The number of rotatable bonds is 8. The van der Waals surface area contributed by atoms with Crippen molar-refractivity contribution in [3.63, 3.8) is 0 Å². The minimum atomic E-state index is -4.38. The van der Waals surface area contributed by atoms with E-state index in [4.69, 9.17) is 9.47 Å². The van der Waals surface area contributed by atoms with Gasteiger partial charge in [-0.3, -0.25) is 4.79 Å². The van der Waals surface area contributed by atoms with Gasteiger partial charge in [0.05, 0.1) is 26.2 Å². The van der Waals surface area contributed by atoms with E-state index in [-0.39, 0.29) is 12.3 Å². The molecule has 164 valence electrons. The second-order valence-corrected chi connectivity index (χ2v) is 8.47. The first-order valence-electron chi connectivity index (χ1n) is 8.91. The highest BCUT2D eigenvalue weighted by Gasteiger charge is 2.30. The molecule has 1 aromatic heterocycles. The summed E-state index contributed by atoms with van der Waals surface area (Å²) in [5.41, 5.74) is 0.568. The van der Waals surface area contributed by atoms with E-state index >= 15 is 0 Å². The molecular weight excluding hydrogens is 451 g/mol. The topological polar surface area (TPSA) is 73.3 Å². The predicted octanol–water partition coefficient (Wildman–Crippen LogP) is 5.05. The van der Waals surface area contributed by atoms with Crippen molar-refractivity contribution in [3.8, 4) is 11.5 Å². The number of anilines is 1. The van der Waals surface area contributed by atoms with Crippen molar-refractivity contribution in [3.05, 3.63) is 59.2 Å². The summed E-state index contributed by atoms with van der Waals surface area (Å²) in [5.74, 6) is 1.12. The Morgan fingerprint density at radius 2 is 1.84 bits per heavy atom. The van der Waals surface area contributed by atoms with Crippen molar-refractivity contribution >= 4 is 34.1 Å². The van der Waals surface area contributed by atoms with Crippen LogP contribution in [0.5, 0.6) is 11.5 Å². The summed E-state index contributed by atoms with van der Waals surface area (Å²) >= 11 is 2.41. The van der Waals surface area contributed by atoms with Crippen molar-refractivity contribution in [2.45, 2.75) is 22.7 Å². The van der Waals surface area contributed by atoms with E-state index < -0.39 is 11.7 Å². The largest absolute Gasteiger partial charge is 0.493 e. The number of methoxy groups -OCH3 is 2. The van der Waals surface area contributed by atoms with Crippen LogP contribution in [0.3, 0.4) is 0 Å². The fourth-order valence-electron chi connectivity index (χ4n) is 2.64. The molecule has 2 aromatic carbocycles. The maximum Gasteiger partial charge on any atom is 0.416 e. The van der Waals surface area contributed by atoms with E-state index in [9.17, 15) is 18.0 Å². The van der Waals surface area contributed by atoms with E-state index in [1.54, 1.807) is 24.3 Å². The third-order valence-corrected chi connectivity index (χ3v) is 6.13. The third-order valence-electron chi connectivity index (χ3n) is 4.08. The second kappa shape index (κ2) is 10.0. The van der Waals surface area contributed by atoms with Gasteiger partial charge >= 0.3 is 6.18 Å². The Morgan fingerprint density at radius 1 is 1.06 bits per heavy atom. The van der Waals surface area contributed by atoms with Crippen LogP contribution in [0, 0.1) is 0 Å². The number of ether oxygens (including phenoxy) is 2. The zero-order chi connectivity index (χ0) is 22.4. The first kappa shape index (κ1) is 22.9. The van der Waals surface area contributed by atoms with Gasteiger partial charge in [-0.15, -0.1) is 10.2 Å². The lowest BCUT2D eigenvalue weighted by molar-refractivity contribution is -0.137. The number of thioether (sulfide) groups is 1. The van der Waals surface area contributed by atoms with E-state index in [2.05, 4.69) is 15.5 Å². The molecule has 0 unspecified atom stereocenters. The van der Waals surface area contributed by atoms with Crippen molar-refractivity contribution < 1.29 is 27.4 Å². The Hall–Kier alpha value is -2.79. The quantitative estimate of drug-likeness (QED) is 0.368. The first-order chi connectivity index (χ1) is 14.8. The molecule has 0 aliphatic heterocycles. The molecule has 31 heavy (non-hydrogen) atoms. The highest BCUT2D eigenvalue weighted by atomic mass is 32.2. The van der Waals surface area contributed by atoms with Gasteiger partial charge in [-0.25, -0.2) is 0 Å². The number of carbonyl (C=O) groups is 1. The Kier molecular flexibility index (Phi) is 7.39. The third kappa shape index (κ3) is 6.34. The SMILES string of the molecule is COc1ccc(CC(=O)Nc2nnc(SCc3cccc(C(F)(F)F)c3)s2)cc1OC. The van der Waals surface area contributed by atoms with Gasteiger partial charge in [-0.2, -0.15) is 13.2 Å². The summed E-state index contributed by atoms with van der Waals surface area (Å²) in [6, 6.07) is 10.3. The molecule has 1 N–H and O–H groups in total. The molecule has 3 aromatic rings. The van der Waals surface area contributed by atoms with Crippen LogP contribution in [0.2, 0.25) is 0 Å². The van der Waals surface area contributed by atoms with E-state index in [0.717, 1.165) is 29.0 Å². The van der Waals surface area contributed by atoms with Crippen molar-refractivity contribution in [2.75, 3.05) is 19.5 Å². The van der Waals surface area contributed by atoms with Crippen molar-refractivity contribution in [2.24, 2.45) is 0 Å². The lowest BCUT2D eigenvalue weighted by Crippen LogP contribution is -2.14. The summed E-state index contributed by atoms with van der Waals surface area (Å²) in [6.07, 6.45) is -4.28. The van der Waals surface area contributed by atoms with Crippen LogP contribution in [0.15, 0.2) is 46.8 Å². The zero-order valence-electron chi connectivity index (χ0n) is 16.5. The molecule has 11 heteroatoms. The van der Waals surface area contributed by atoms with Gasteiger partial charge in [0, 0.05) is 5.75 Å². The molecular formula is C20H18F3N3O3S2. The highest BCUT2D eigenvalue weighted by Crippen LogP contribution is 2.33. The van der Waals surface area contributed by atoms with Gasteiger partial charge in [0.1, 0.15) is 0 Å². The van der Waals surface area contributed by atoms with E-state index in [0.29, 0.717) is 32.3 Å². The van der Waals surface area contributed by atoms with Gasteiger partial charge in [0.2, 0.25) is 11.0 Å². The van der Waals surface area contributed by atoms with Crippen LogP contribution in [0.1, 0.15) is 16.7 Å². The predicted molar refractivity (Wildman–Crippen MR) is 113 cm³/mol. The number of nitrogens with zero attached hydrogens (tertiary/aromatic N) is 2. The number of carbonyl (C=O) groups excluding carboxylic acids is 1. The normalized spacial score (nSPS) is 11.3. The minimum absolute atomic E-state index is 0.104. The Bertz CT molecular complexity index is 1060. The zero-order valence-corrected chi connectivity index (χ0v) is 18.2. The fraction of sp³-hybridized carbons (Fsp3) is 0.250. The average molecular weight is 470 g/mol. The summed E-state index contributed by atoms with van der Waals surface area (Å²) in [5, 5.41) is 10.9. The first-order valence-corrected chi connectivity index (χ1v) is 10.7. The van der Waals surface area contributed by atoms with Crippen molar-refractivity contribution in [1.29, 1.82) is 0 Å². The van der Waals surface area contributed by atoms with Crippen LogP contribution in [-0.2, 0) is 23.1 Å². The number of halogens is 3. The van der Waals surface area contributed by atoms with Gasteiger partial charge in [-0.1, -0.05) is 47.4 Å². The highest BCUT2D eigenvalue weighted by molar-refractivity contribution is 8.00. The van der Waals surface area contributed by atoms with Crippen molar-refractivity contribution in [1.82, 2.24) is 10.2 Å². The molecule has 0 fully saturated rings. The number of hydrogen-bond acceptors (Lipinski definition) is 7. The smallest absolute Gasteiger partial charge is 0.416 e. The van der Waals surface area contributed by atoms with E-state index in [1.807, 2.05) is 0 Å². The molecule has 0 spiro atoms. The molecule has 0 atom stereocenters. The molecule has 0 saturated heterocycles. The van der Waals surface area contributed by atoms with Crippen LogP contribution in [0.4, 0.5) is 18.3 Å². The number of nitrogens with one attached hydrogen (secondary N) is 1. The monoisotopic (exact) mass is 469 g/mol. The standard InChI is InChI=1S/C20H18F3N3O3S2/c1-28-15-7-6-12(9-16(15)29-2)10-17(27)24-18-25-26-19(31-18)30-11-13-4-3-5-14(8-13)20(21,22)23/h3-9H,10-11H2,1-2H3,(H,24,25,27). The number of benzene rings is 2. The Morgan fingerprint density at radius 3 is 2.55 bits per heavy atom. The minimum Gasteiger partial charge on any atom is -0.493 e. The number of hydrogen-bond donors (Lipinski definition) is 1. The molecule has 0 radical (unpaired) electrons. The maximum atomic E-state index is 12.8. The second-order valence-electron chi connectivity index (χ2n) is 6.27. The van der Waals surface area contributed by atoms with Gasteiger partial charge in [0.15, 0.2) is 15.8 Å². The van der Waals surface area contributed by atoms with Crippen LogP contribution in [0.25, 0.3) is 0 Å². The fourth-order valence-corrected chi connectivity index (χ4v) is 4.35. The molecule has 0 saturated carbocycles. The number of amides is 1. The summed E-state index contributed by atoms with van der Waals surface area (Å²) in [6.45, 7) is 0. The van der Waals surface area contributed by atoms with Gasteiger partial charge in [0.25, 0.3) is 0 Å². The Labute approximate surface area is 184 Å². The molecule has 0 bridgehead atoms. The molecule has 0 aliphatic rings. The van der Waals surface area contributed by atoms with Crippen LogP contribution < -0.4 is 14.8 Å². The molecule has 1 heterocycles. The number of aromatic nitrogens is 2. The number of alkyl halides is 3. The molecule has 0 aliphatic carbocycles. The van der Waals surface area contributed by atoms with Crippen LogP contribution in [-0.4, -0.2) is 30.3 Å².